The van der Waals surface area contributed by atoms with Crippen molar-refractivity contribution in [2.75, 3.05) is 24.5 Å². The lowest BCUT2D eigenvalue weighted by atomic mass is 10.1. The van der Waals surface area contributed by atoms with Gasteiger partial charge in [0.05, 0.1) is 17.7 Å². The van der Waals surface area contributed by atoms with Crippen LogP contribution in [-0.4, -0.2) is 51.4 Å². The van der Waals surface area contributed by atoms with Gasteiger partial charge >= 0.3 is 0 Å². The first-order valence-electron chi connectivity index (χ1n) is 13.5. The van der Waals surface area contributed by atoms with Crippen LogP contribution in [0, 0.1) is 0 Å². The van der Waals surface area contributed by atoms with Crippen LogP contribution in [0.25, 0.3) is 0 Å². The molecule has 1 atom stereocenters. The Kier molecular flexibility index (Phi) is 12.4. The number of hydrogen-bond donors (Lipinski definition) is 1. The Labute approximate surface area is 262 Å². The zero-order chi connectivity index (χ0) is 30.9. The molecule has 0 spiro atoms. The Morgan fingerprint density at radius 2 is 1.60 bits per heavy atom. The lowest BCUT2D eigenvalue weighted by molar-refractivity contribution is -0.140. The summed E-state index contributed by atoms with van der Waals surface area (Å²) >= 11 is 19.1. The van der Waals surface area contributed by atoms with E-state index in [4.69, 9.17) is 39.5 Å². The summed E-state index contributed by atoms with van der Waals surface area (Å²) in [6.45, 7) is 3.51. The normalized spacial score (nSPS) is 12.0. The molecule has 0 heterocycles. The van der Waals surface area contributed by atoms with E-state index >= 15 is 0 Å². The highest BCUT2D eigenvalue weighted by Crippen LogP contribution is 2.30. The Morgan fingerprint density at radius 3 is 2.17 bits per heavy atom. The largest absolute Gasteiger partial charge is 0.497 e. The number of nitrogens with zero attached hydrogens (tertiary/aromatic N) is 2. The quantitative estimate of drug-likeness (QED) is 0.198. The van der Waals surface area contributed by atoms with Crippen molar-refractivity contribution in [1.82, 2.24) is 10.2 Å². The van der Waals surface area contributed by atoms with Gasteiger partial charge in [-0.1, -0.05) is 67.2 Å². The molecule has 3 aromatic carbocycles. The number of rotatable bonds is 14. The lowest BCUT2D eigenvalue weighted by Crippen LogP contribution is -2.52. The maximum absolute atomic E-state index is 14.2. The molecule has 3 aromatic rings. The summed E-state index contributed by atoms with van der Waals surface area (Å²) in [4.78, 5) is 28.7. The van der Waals surface area contributed by atoms with Crippen molar-refractivity contribution in [2.24, 2.45) is 0 Å². The Morgan fingerprint density at radius 1 is 0.952 bits per heavy atom. The average Bonchev–Trinajstić information content (AvgIpc) is 2.97. The van der Waals surface area contributed by atoms with Gasteiger partial charge in [0.25, 0.3) is 10.0 Å². The zero-order valence-corrected chi connectivity index (χ0v) is 26.7. The van der Waals surface area contributed by atoms with E-state index in [0.29, 0.717) is 27.9 Å². The van der Waals surface area contributed by atoms with Crippen LogP contribution in [0.5, 0.6) is 5.75 Å². The molecule has 12 heteroatoms. The lowest BCUT2D eigenvalue weighted by Gasteiger charge is -2.33. The van der Waals surface area contributed by atoms with Gasteiger partial charge in [-0.3, -0.25) is 13.9 Å². The van der Waals surface area contributed by atoms with E-state index in [0.717, 1.165) is 17.1 Å². The minimum Gasteiger partial charge on any atom is -0.497 e. The summed E-state index contributed by atoms with van der Waals surface area (Å²) in [6.07, 6.45) is 1.93. The second kappa shape index (κ2) is 15.5. The van der Waals surface area contributed by atoms with Gasteiger partial charge in [0.1, 0.15) is 18.3 Å². The number of nitrogens with one attached hydrogen (secondary N) is 1. The molecular weight excluding hydrogens is 621 g/mol. The van der Waals surface area contributed by atoms with E-state index in [1.807, 2.05) is 6.92 Å². The summed E-state index contributed by atoms with van der Waals surface area (Å²) in [5.41, 5.74) is 0.629. The topological polar surface area (TPSA) is 96.0 Å². The van der Waals surface area contributed by atoms with Gasteiger partial charge in [-0.15, -0.1) is 0 Å². The van der Waals surface area contributed by atoms with Crippen LogP contribution in [0.1, 0.15) is 38.7 Å². The fourth-order valence-corrected chi connectivity index (χ4v) is 6.42. The monoisotopic (exact) mass is 653 g/mol. The van der Waals surface area contributed by atoms with E-state index in [1.165, 1.54) is 42.3 Å². The molecule has 0 aliphatic carbocycles. The SMILES string of the molecule is CCCCNC(=O)C(CC)N(Cc1c(Cl)cccc1Cl)C(=O)CN(c1cccc(Cl)c1)S(=O)(=O)c1ccc(OC)cc1. The predicted octanol–water partition coefficient (Wildman–Crippen LogP) is 6.57. The fourth-order valence-electron chi connectivity index (χ4n) is 4.31. The van der Waals surface area contributed by atoms with Crippen molar-refractivity contribution in [3.63, 3.8) is 0 Å². The minimum atomic E-state index is -4.26. The number of ether oxygens (including phenoxy) is 1. The number of carbonyl (C=O) groups excluding carboxylic acids is 2. The average molecular weight is 655 g/mol. The number of anilines is 1. The second-order valence-electron chi connectivity index (χ2n) is 9.46. The molecule has 0 aromatic heterocycles. The van der Waals surface area contributed by atoms with E-state index in [2.05, 4.69) is 5.32 Å². The molecular formula is C30H34Cl3N3O5S. The Balaban J connectivity index is 2.08. The van der Waals surface area contributed by atoms with Crippen molar-refractivity contribution in [1.29, 1.82) is 0 Å². The van der Waals surface area contributed by atoms with Crippen molar-refractivity contribution >= 4 is 62.3 Å². The van der Waals surface area contributed by atoms with E-state index in [1.54, 1.807) is 43.3 Å². The van der Waals surface area contributed by atoms with E-state index < -0.39 is 28.5 Å². The summed E-state index contributed by atoms with van der Waals surface area (Å²) in [5.74, 6) is -0.502. The molecule has 0 radical (unpaired) electrons. The molecule has 0 saturated carbocycles. The standard InChI is InChI=1S/C30H34Cl3N3O5S/c1-4-6-17-34-30(38)28(5-2)35(19-25-26(32)11-8-12-27(25)33)29(37)20-36(22-10-7-9-21(31)18-22)42(39,40)24-15-13-23(41-3)14-16-24/h7-16,18,28H,4-6,17,19-20H2,1-3H3,(H,34,38). The Bertz CT molecular complexity index is 1470. The second-order valence-corrected chi connectivity index (χ2v) is 12.6. The highest BCUT2D eigenvalue weighted by atomic mass is 35.5. The zero-order valence-electron chi connectivity index (χ0n) is 23.6. The highest BCUT2D eigenvalue weighted by Gasteiger charge is 2.34. The first-order valence-corrected chi connectivity index (χ1v) is 16.0. The van der Waals surface area contributed by atoms with Gasteiger partial charge in [0.15, 0.2) is 0 Å². The van der Waals surface area contributed by atoms with Crippen molar-refractivity contribution in [3.05, 3.63) is 87.4 Å². The smallest absolute Gasteiger partial charge is 0.264 e. The molecule has 1 N–H and O–H groups in total. The predicted molar refractivity (Wildman–Crippen MR) is 168 cm³/mol. The molecule has 8 nitrogen and oxygen atoms in total. The molecule has 0 aliphatic heterocycles. The van der Waals surface area contributed by atoms with Crippen LogP contribution < -0.4 is 14.4 Å². The first kappa shape index (κ1) is 33.5. The first-order chi connectivity index (χ1) is 20.0. The van der Waals surface area contributed by atoms with Gasteiger partial charge in [0, 0.05) is 33.7 Å². The van der Waals surface area contributed by atoms with Crippen molar-refractivity contribution in [2.45, 2.75) is 50.6 Å². The number of amides is 2. The van der Waals surface area contributed by atoms with Gasteiger partial charge in [-0.2, -0.15) is 0 Å². The fraction of sp³-hybridized carbons (Fsp3) is 0.333. The summed E-state index contributed by atoms with van der Waals surface area (Å²) < 4.78 is 34.1. The number of hydrogen-bond acceptors (Lipinski definition) is 5. The summed E-state index contributed by atoms with van der Waals surface area (Å²) in [6, 6.07) is 16.1. The van der Waals surface area contributed by atoms with Gasteiger partial charge < -0.3 is 15.0 Å². The van der Waals surface area contributed by atoms with Crippen LogP contribution in [0.3, 0.4) is 0 Å². The molecule has 0 fully saturated rings. The van der Waals surface area contributed by atoms with Gasteiger partial charge in [-0.25, -0.2) is 8.42 Å². The minimum absolute atomic E-state index is 0.0545. The van der Waals surface area contributed by atoms with Crippen molar-refractivity contribution < 1.29 is 22.7 Å². The molecule has 42 heavy (non-hydrogen) atoms. The third-order valence-corrected chi connectivity index (χ3v) is 9.36. The molecule has 226 valence electrons. The number of halogens is 3. The van der Waals surface area contributed by atoms with Gasteiger partial charge in [-0.05, 0) is 67.4 Å². The maximum Gasteiger partial charge on any atom is 0.264 e. The molecule has 0 bridgehead atoms. The maximum atomic E-state index is 14.2. The Hall–Kier alpha value is -2.98. The van der Waals surface area contributed by atoms with Crippen LogP contribution in [-0.2, 0) is 26.2 Å². The highest BCUT2D eigenvalue weighted by molar-refractivity contribution is 7.92. The number of carbonyl (C=O) groups is 2. The molecule has 1 unspecified atom stereocenters. The van der Waals surface area contributed by atoms with Crippen LogP contribution in [0.15, 0.2) is 71.6 Å². The van der Waals surface area contributed by atoms with Crippen LogP contribution >= 0.6 is 34.8 Å². The van der Waals surface area contributed by atoms with Crippen LogP contribution in [0.2, 0.25) is 15.1 Å². The molecule has 2 amide bonds. The molecule has 0 saturated heterocycles. The van der Waals surface area contributed by atoms with Gasteiger partial charge in [0.2, 0.25) is 11.8 Å². The number of benzene rings is 3. The molecule has 3 rings (SSSR count). The number of sulfonamides is 1. The van der Waals surface area contributed by atoms with E-state index in [9.17, 15) is 18.0 Å². The number of methoxy groups -OCH3 is 1. The summed E-state index contributed by atoms with van der Waals surface area (Å²) in [5, 5.41) is 3.81. The van der Waals surface area contributed by atoms with Crippen molar-refractivity contribution in [3.8, 4) is 5.75 Å². The number of unbranched alkanes of at least 4 members (excludes halogenated alkanes) is 1. The third-order valence-electron chi connectivity index (χ3n) is 6.63. The van der Waals surface area contributed by atoms with E-state index in [-0.39, 0.29) is 34.5 Å². The summed E-state index contributed by atoms with van der Waals surface area (Å²) in [7, 11) is -2.79. The third kappa shape index (κ3) is 8.31. The molecule has 0 aliphatic rings. The van der Waals surface area contributed by atoms with Crippen LogP contribution in [0.4, 0.5) is 5.69 Å².